The van der Waals surface area contributed by atoms with Gasteiger partial charge in [-0.1, -0.05) is 37.3 Å². The number of hydrogen-bond donors (Lipinski definition) is 0. The summed E-state index contributed by atoms with van der Waals surface area (Å²) < 4.78 is 5.91. The minimum absolute atomic E-state index is 0.0464. The van der Waals surface area contributed by atoms with Crippen molar-refractivity contribution in [1.29, 1.82) is 0 Å². The first-order valence-electron chi connectivity index (χ1n) is 8.34. The maximum Gasteiger partial charge on any atom is 0.193 e. The summed E-state index contributed by atoms with van der Waals surface area (Å²) in [4.78, 5) is 14.8. The van der Waals surface area contributed by atoms with Crippen molar-refractivity contribution >= 4 is 5.78 Å². The van der Waals surface area contributed by atoms with Crippen LogP contribution in [0, 0.1) is 0 Å². The Morgan fingerprint density at radius 1 is 1.09 bits per heavy atom. The molecule has 2 aromatic carbocycles. The maximum absolute atomic E-state index is 12.4. The molecule has 23 heavy (non-hydrogen) atoms. The van der Waals surface area contributed by atoms with E-state index >= 15 is 0 Å². The van der Waals surface area contributed by atoms with Gasteiger partial charge in [-0.3, -0.25) is 9.69 Å². The van der Waals surface area contributed by atoms with E-state index in [0.717, 1.165) is 18.9 Å². The average Bonchev–Trinajstić information content (AvgIpc) is 3.08. The second-order valence-corrected chi connectivity index (χ2v) is 5.96. The van der Waals surface area contributed by atoms with Gasteiger partial charge in [-0.15, -0.1) is 0 Å². The molecule has 1 fully saturated rings. The summed E-state index contributed by atoms with van der Waals surface area (Å²) in [5.74, 6) is 0.877. The highest BCUT2D eigenvalue weighted by atomic mass is 16.5. The molecule has 0 amide bonds. The van der Waals surface area contributed by atoms with Gasteiger partial charge in [-0.2, -0.15) is 0 Å². The summed E-state index contributed by atoms with van der Waals surface area (Å²) in [6.45, 7) is 5.18. The highest BCUT2D eigenvalue weighted by molar-refractivity contribution is 6.08. The molecule has 0 aliphatic carbocycles. The molecule has 120 valence electrons. The van der Waals surface area contributed by atoms with Crippen LogP contribution in [0.1, 0.15) is 35.7 Å². The lowest BCUT2D eigenvalue weighted by Crippen LogP contribution is -2.33. The molecule has 0 aromatic heterocycles. The predicted octanol–water partition coefficient (Wildman–Crippen LogP) is 3.78. The molecule has 0 N–H and O–H groups in total. The number of hydrogen-bond acceptors (Lipinski definition) is 3. The summed E-state index contributed by atoms with van der Waals surface area (Å²) in [6.07, 6.45) is 2.46. The van der Waals surface area contributed by atoms with Crippen LogP contribution in [0.15, 0.2) is 54.6 Å². The Morgan fingerprint density at radius 3 is 2.48 bits per heavy atom. The van der Waals surface area contributed by atoms with Crippen LogP contribution in [0.4, 0.5) is 0 Å². The standard InChI is InChI=1S/C20H23NO2/c1-2-21-14-6-9-18(21)15-23-19-12-10-17(11-13-19)20(22)16-7-4-3-5-8-16/h3-5,7-8,10-13,18H,2,6,9,14-15H2,1H3. The fraction of sp³-hybridized carbons (Fsp3) is 0.350. The Bertz CT molecular complexity index is 636. The first kappa shape index (κ1) is 15.8. The van der Waals surface area contributed by atoms with Crippen molar-refractivity contribution in [3.05, 3.63) is 65.7 Å². The van der Waals surface area contributed by atoms with Gasteiger partial charge in [0.25, 0.3) is 0 Å². The van der Waals surface area contributed by atoms with Gasteiger partial charge in [0.1, 0.15) is 12.4 Å². The minimum Gasteiger partial charge on any atom is -0.492 e. The normalized spacial score (nSPS) is 18.0. The third kappa shape index (κ3) is 3.80. The van der Waals surface area contributed by atoms with Crippen LogP contribution in [-0.4, -0.2) is 36.4 Å². The SMILES string of the molecule is CCN1CCCC1COc1ccc(C(=O)c2ccccc2)cc1. The topological polar surface area (TPSA) is 29.5 Å². The molecular weight excluding hydrogens is 286 g/mol. The van der Waals surface area contributed by atoms with Crippen LogP contribution in [0.2, 0.25) is 0 Å². The average molecular weight is 309 g/mol. The molecule has 1 aliphatic heterocycles. The molecule has 2 aromatic rings. The van der Waals surface area contributed by atoms with Gasteiger partial charge in [0.2, 0.25) is 0 Å². The second kappa shape index (κ2) is 7.42. The van der Waals surface area contributed by atoms with Gasteiger partial charge in [0.05, 0.1) is 0 Å². The number of benzene rings is 2. The Hall–Kier alpha value is -2.13. The zero-order valence-electron chi connectivity index (χ0n) is 13.6. The molecule has 1 saturated heterocycles. The molecule has 0 saturated carbocycles. The highest BCUT2D eigenvalue weighted by Gasteiger charge is 2.23. The maximum atomic E-state index is 12.4. The fourth-order valence-corrected chi connectivity index (χ4v) is 3.15. The molecule has 1 atom stereocenters. The minimum atomic E-state index is 0.0464. The lowest BCUT2D eigenvalue weighted by Gasteiger charge is -2.22. The Kier molecular flexibility index (Phi) is 5.09. The van der Waals surface area contributed by atoms with E-state index in [4.69, 9.17) is 4.74 Å². The summed E-state index contributed by atoms with van der Waals surface area (Å²) >= 11 is 0. The van der Waals surface area contributed by atoms with Crippen molar-refractivity contribution in [1.82, 2.24) is 4.90 Å². The number of nitrogens with zero attached hydrogens (tertiary/aromatic N) is 1. The van der Waals surface area contributed by atoms with Crippen LogP contribution < -0.4 is 4.74 Å². The van der Waals surface area contributed by atoms with Gasteiger partial charge in [0, 0.05) is 17.2 Å². The second-order valence-electron chi connectivity index (χ2n) is 5.96. The fourth-order valence-electron chi connectivity index (χ4n) is 3.15. The van der Waals surface area contributed by atoms with E-state index in [1.54, 1.807) is 0 Å². The zero-order chi connectivity index (χ0) is 16.1. The van der Waals surface area contributed by atoms with Crippen molar-refractivity contribution in [2.45, 2.75) is 25.8 Å². The number of carbonyl (C=O) groups is 1. The van der Waals surface area contributed by atoms with Crippen LogP contribution in [0.3, 0.4) is 0 Å². The number of likely N-dealkylation sites (tertiary alicyclic amines) is 1. The van der Waals surface area contributed by atoms with Gasteiger partial charge in [0.15, 0.2) is 5.78 Å². The predicted molar refractivity (Wildman–Crippen MR) is 92.1 cm³/mol. The largest absolute Gasteiger partial charge is 0.492 e. The number of rotatable bonds is 6. The molecule has 0 spiro atoms. The zero-order valence-corrected chi connectivity index (χ0v) is 13.6. The van der Waals surface area contributed by atoms with E-state index in [2.05, 4.69) is 11.8 Å². The van der Waals surface area contributed by atoms with E-state index in [1.165, 1.54) is 19.4 Å². The molecule has 1 aliphatic rings. The van der Waals surface area contributed by atoms with Gasteiger partial charge in [-0.05, 0) is 50.2 Å². The summed E-state index contributed by atoms with van der Waals surface area (Å²) in [7, 11) is 0. The third-order valence-corrected chi connectivity index (χ3v) is 4.50. The molecule has 0 radical (unpaired) electrons. The summed E-state index contributed by atoms with van der Waals surface area (Å²) in [6, 6.07) is 17.3. The van der Waals surface area contributed by atoms with Crippen LogP contribution in [-0.2, 0) is 0 Å². The Balaban J connectivity index is 1.60. The summed E-state index contributed by atoms with van der Waals surface area (Å²) in [5, 5.41) is 0. The van der Waals surface area contributed by atoms with Gasteiger partial charge < -0.3 is 4.74 Å². The van der Waals surface area contributed by atoms with Crippen LogP contribution in [0.25, 0.3) is 0 Å². The van der Waals surface area contributed by atoms with Crippen molar-refractivity contribution < 1.29 is 9.53 Å². The third-order valence-electron chi connectivity index (χ3n) is 4.50. The quantitative estimate of drug-likeness (QED) is 0.761. The molecule has 3 rings (SSSR count). The molecule has 1 heterocycles. The molecular formula is C20H23NO2. The van der Waals surface area contributed by atoms with Crippen molar-refractivity contribution in [2.24, 2.45) is 0 Å². The number of carbonyl (C=O) groups excluding carboxylic acids is 1. The van der Waals surface area contributed by atoms with Crippen LogP contribution >= 0.6 is 0 Å². The number of ether oxygens (including phenoxy) is 1. The first-order chi connectivity index (χ1) is 11.3. The Labute approximate surface area is 137 Å². The van der Waals surface area contributed by atoms with Crippen LogP contribution in [0.5, 0.6) is 5.75 Å². The molecule has 3 nitrogen and oxygen atoms in total. The molecule has 1 unspecified atom stereocenters. The smallest absolute Gasteiger partial charge is 0.193 e. The van der Waals surface area contributed by atoms with Crippen molar-refractivity contribution in [3.63, 3.8) is 0 Å². The van der Waals surface area contributed by atoms with E-state index < -0.39 is 0 Å². The monoisotopic (exact) mass is 309 g/mol. The van der Waals surface area contributed by atoms with E-state index in [1.807, 2.05) is 54.6 Å². The Morgan fingerprint density at radius 2 is 1.78 bits per heavy atom. The first-order valence-corrected chi connectivity index (χ1v) is 8.34. The number of likely N-dealkylation sites (N-methyl/N-ethyl adjacent to an activating group) is 1. The van der Waals surface area contributed by atoms with E-state index in [0.29, 0.717) is 17.2 Å². The lowest BCUT2D eigenvalue weighted by atomic mass is 10.0. The van der Waals surface area contributed by atoms with E-state index in [9.17, 15) is 4.79 Å². The van der Waals surface area contributed by atoms with Crippen molar-refractivity contribution in [3.8, 4) is 5.75 Å². The van der Waals surface area contributed by atoms with Gasteiger partial charge in [-0.25, -0.2) is 0 Å². The van der Waals surface area contributed by atoms with E-state index in [-0.39, 0.29) is 5.78 Å². The lowest BCUT2D eigenvalue weighted by molar-refractivity contribution is 0.103. The van der Waals surface area contributed by atoms with Gasteiger partial charge >= 0.3 is 0 Å². The van der Waals surface area contributed by atoms with Crippen molar-refractivity contribution in [2.75, 3.05) is 19.7 Å². The summed E-state index contributed by atoms with van der Waals surface area (Å²) in [5.41, 5.74) is 1.41. The highest BCUT2D eigenvalue weighted by Crippen LogP contribution is 2.20. The number of ketones is 1. The molecule has 0 bridgehead atoms. The molecule has 3 heteroatoms.